The molecule has 0 radical (unpaired) electrons. The van der Waals surface area contributed by atoms with Gasteiger partial charge in [0.2, 0.25) is 5.91 Å². The predicted octanol–water partition coefficient (Wildman–Crippen LogP) is 1.64. The number of aryl methyl sites for hydroxylation is 1. The Morgan fingerprint density at radius 1 is 1.43 bits per heavy atom. The molecule has 2 unspecified atom stereocenters. The maximum absolute atomic E-state index is 12.6. The van der Waals surface area contributed by atoms with Crippen LogP contribution in [0.25, 0.3) is 0 Å². The van der Waals surface area contributed by atoms with Crippen molar-refractivity contribution in [2.24, 2.45) is 12.5 Å². The molecule has 0 N–H and O–H groups in total. The molecule has 1 aromatic rings. The summed E-state index contributed by atoms with van der Waals surface area (Å²) in [5.41, 5.74) is -0.104. The first-order valence-electron chi connectivity index (χ1n) is 8.05. The average Bonchev–Trinajstić information content (AvgIpc) is 2.89. The van der Waals surface area contributed by atoms with Crippen molar-refractivity contribution in [2.45, 2.75) is 45.7 Å². The van der Waals surface area contributed by atoms with Crippen LogP contribution < -0.4 is 0 Å². The van der Waals surface area contributed by atoms with Crippen LogP contribution in [-0.2, 0) is 18.4 Å². The van der Waals surface area contributed by atoms with Crippen molar-refractivity contribution < 1.29 is 4.79 Å². The summed E-state index contributed by atoms with van der Waals surface area (Å²) >= 11 is 0. The second kappa shape index (κ2) is 5.44. The Morgan fingerprint density at radius 3 is 2.86 bits per heavy atom. The zero-order valence-corrected chi connectivity index (χ0v) is 13.4. The van der Waals surface area contributed by atoms with Crippen LogP contribution in [0, 0.1) is 5.41 Å². The summed E-state index contributed by atoms with van der Waals surface area (Å²) in [6.45, 7) is 8.06. The molecular weight excluding hydrogens is 264 g/mol. The zero-order chi connectivity index (χ0) is 15.0. The summed E-state index contributed by atoms with van der Waals surface area (Å²) in [6, 6.07) is 0.382. The minimum Gasteiger partial charge on any atom is -0.338 e. The van der Waals surface area contributed by atoms with Gasteiger partial charge in [0.1, 0.15) is 5.82 Å². The van der Waals surface area contributed by atoms with Gasteiger partial charge in [-0.05, 0) is 32.7 Å². The molecule has 0 saturated carbocycles. The van der Waals surface area contributed by atoms with Gasteiger partial charge in [-0.25, -0.2) is 4.98 Å². The second-order valence-corrected chi connectivity index (χ2v) is 6.74. The smallest absolute Gasteiger partial charge is 0.232 e. The maximum Gasteiger partial charge on any atom is 0.232 e. The van der Waals surface area contributed by atoms with E-state index in [1.807, 2.05) is 19.4 Å². The van der Waals surface area contributed by atoms with Crippen molar-refractivity contribution in [3.05, 3.63) is 18.2 Å². The fraction of sp³-hybridized carbons (Fsp3) is 0.750. The lowest BCUT2D eigenvalue weighted by Gasteiger charge is -2.55. The SMILES string of the molecule is CCC(C)N1CC2(CCCN(Cc3nccn3C)C2)C1=O. The number of hydrogen-bond acceptors (Lipinski definition) is 3. The fourth-order valence-corrected chi connectivity index (χ4v) is 3.67. The number of β-lactam (4-membered cyclic amide) rings is 1. The Balaban J connectivity index is 1.64. The standard InChI is InChI=1S/C16H26N4O/c1-4-13(2)20-12-16(15(20)21)6-5-8-19(11-16)10-14-17-7-9-18(14)3/h7,9,13H,4-6,8,10-12H2,1-3H3. The van der Waals surface area contributed by atoms with Crippen LogP contribution >= 0.6 is 0 Å². The number of carbonyl (C=O) groups excluding carboxylic acids is 1. The van der Waals surface area contributed by atoms with Gasteiger partial charge in [-0.2, -0.15) is 0 Å². The zero-order valence-electron chi connectivity index (χ0n) is 13.4. The number of rotatable bonds is 4. The Kier molecular flexibility index (Phi) is 3.78. The summed E-state index contributed by atoms with van der Waals surface area (Å²) in [5, 5.41) is 0. The highest BCUT2D eigenvalue weighted by Gasteiger charge is 2.54. The lowest BCUT2D eigenvalue weighted by Crippen LogP contribution is -2.68. The first kappa shape index (κ1) is 14.6. The van der Waals surface area contributed by atoms with Crippen molar-refractivity contribution in [3.63, 3.8) is 0 Å². The van der Waals surface area contributed by atoms with E-state index in [0.29, 0.717) is 11.9 Å². The molecule has 2 atom stereocenters. The molecule has 3 heterocycles. The number of carbonyl (C=O) groups is 1. The number of amides is 1. The minimum atomic E-state index is -0.104. The van der Waals surface area contributed by atoms with Crippen LogP contribution in [0.3, 0.4) is 0 Å². The summed E-state index contributed by atoms with van der Waals surface area (Å²) in [4.78, 5) is 21.5. The van der Waals surface area contributed by atoms with Gasteiger partial charge in [0.05, 0.1) is 12.0 Å². The molecule has 2 saturated heterocycles. The number of nitrogens with zero attached hydrogens (tertiary/aromatic N) is 4. The summed E-state index contributed by atoms with van der Waals surface area (Å²) in [7, 11) is 2.03. The van der Waals surface area contributed by atoms with E-state index in [0.717, 1.165) is 51.3 Å². The molecule has 1 aromatic heterocycles. The van der Waals surface area contributed by atoms with Gasteiger partial charge in [0.15, 0.2) is 0 Å². The molecule has 2 aliphatic rings. The Morgan fingerprint density at radius 2 is 2.24 bits per heavy atom. The number of hydrogen-bond donors (Lipinski definition) is 0. The number of aromatic nitrogens is 2. The largest absolute Gasteiger partial charge is 0.338 e. The monoisotopic (exact) mass is 290 g/mol. The highest BCUT2D eigenvalue weighted by atomic mass is 16.2. The predicted molar refractivity (Wildman–Crippen MR) is 81.6 cm³/mol. The highest BCUT2D eigenvalue weighted by molar-refractivity contribution is 5.89. The van der Waals surface area contributed by atoms with E-state index < -0.39 is 0 Å². The van der Waals surface area contributed by atoms with Crippen molar-refractivity contribution in [3.8, 4) is 0 Å². The average molecular weight is 290 g/mol. The lowest BCUT2D eigenvalue weighted by molar-refractivity contribution is -0.170. The summed E-state index contributed by atoms with van der Waals surface area (Å²) in [6.07, 6.45) is 7.03. The number of piperidine rings is 1. The molecular formula is C16H26N4O. The molecule has 2 fully saturated rings. The first-order valence-corrected chi connectivity index (χ1v) is 8.05. The van der Waals surface area contributed by atoms with Crippen molar-refractivity contribution in [2.75, 3.05) is 19.6 Å². The van der Waals surface area contributed by atoms with Gasteiger partial charge in [-0.3, -0.25) is 9.69 Å². The first-order chi connectivity index (χ1) is 10.1. The lowest BCUT2D eigenvalue weighted by atomic mass is 9.71. The Hall–Kier alpha value is -1.36. The molecule has 0 bridgehead atoms. The van der Waals surface area contributed by atoms with Crippen LogP contribution in [0.2, 0.25) is 0 Å². The molecule has 5 heteroatoms. The van der Waals surface area contributed by atoms with Crippen LogP contribution in [0.15, 0.2) is 12.4 Å². The van der Waals surface area contributed by atoms with E-state index in [1.54, 1.807) is 0 Å². The second-order valence-electron chi connectivity index (χ2n) is 6.74. The molecule has 0 aromatic carbocycles. The number of imidazole rings is 1. The molecule has 116 valence electrons. The third-order valence-electron chi connectivity index (χ3n) is 5.25. The van der Waals surface area contributed by atoms with E-state index in [-0.39, 0.29) is 5.41 Å². The number of likely N-dealkylation sites (tertiary alicyclic amines) is 2. The Bertz CT molecular complexity index is 526. The van der Waals surface area contributed by atoms with Gasteiger partial charge in [-0.1, -0.05) is 6.92 Å². The molecule has 0 aliphatic carbocycles. The summed E-state index contributed by atoms with van der Waals surface area (Å²) in [5.74, 6) is 1.46. The van der Waals surface area contributed by atoms with Gasteiger partial charge in [-0.15, -0.1) is 0 Å². The van der Waals surface area contributed by atoms with E-state index in [2.05, 4.69) is 33.2 Å². The van der Waals surface area contributed by atoms with Crippen molar-refractivity contribution >= 4 is 5.91 Å². The minimum absolute atomic E-state index is 0.104. The normalized spacial score (nSPS) is 28.0. The third-order valence-corrected chi connectivity index (χ3v) is 5.25. The van der Waals surface area contributed by atoms with Crippen LogP contribution in [0.1, 0.15) is 38.9 Å². The van der Waals surface area contributed by atoms with Gasteiger partial charge in [0.25, 0.3) is 0 Å². The van der Waals surface area contributed by atoms with Gasteiger partial charge in [0, 0.05) is 38.6 Å². The molecule has 1 amide bonds. The van der Waals surface area contributed by atoms with Crippen molar-refractivity contribution in [1.82, 2.24) is 19.4 Å². The van der Waals surface area contributed by atoms with E-state index in [1.165, 1.54) is 0 Å². The van der Waals surface area contributed by atoms with E-state index in [9.17, 15) is 4.79 Å². The molecule has 5 nitrogen and oxygen atoms in total. The van der Waals surface area contributed by atoms with Crippen LogP contribution in [0.4, 0.5) is 0 Å². The van der Waals surface area contributed by atoms with Crippen LogP contribution in [-0.4, -0.2) is 50.9 Å². The Labute approximate surface area is 126 Å². The molecule has 1 spiro atoms. The van der Waals surface area contributed by atoms with Gasteiger partial charge >= 0.3 is 0 Å². The fourth-order valence-electron chi connectivity index (χ4n) is 3.67. The molecule has 3 rings (SSSR count). The van der Waals surface area contributed by atoms with Crippen LogP contribution in [0.5, 0.6) is 0 Å². The third kappa shape index (κ3) is 2.48. The quantitative estimate of drug-likeness (QED) is 0.792. The van der Waals surface area contributed by atoms with Crippen molar-refractivity contribution in [1.29, 1.82) is 0 Å². The topological polar surface area (TPSA) is 41.4 Å². The molecule has 21 heavy (non-hydrogen) atoms. The maximum atomic E-state index is 12.6. The van der Waals surface area contributed by atoms with E-state index in [4.69, 9.17) is 0 Å². The summed E-state index contributed by atoms with van der Waals surface area (Å²) < 4.78 is 2.06. The molecule has 2 aliphatic heterocycles. The van der Waals surface area contributed by atoms with E-state index >= 15 is 0 Å². The van der Waals surface area contributed by atoms with Gasteiger partial charge < -0.3 is 9.47 Å². The highest BCUT2D eigenvalue weighted by Crippen LogP contribution is 2.41.